The minimum Gasteiger partial charge on any atom is -0.453 e. The summed E-state index contributed by atoms with van der Waals surface area (Å²) in [7, 11) is 0. The first-order valence-electron chi connectivity index (χ1n) is 4.53. The van der Waals surface area contributed by atoms with Crippen molar-refractivity contribution >= 4 is 0 Å². The Hall–Kier alpha value is -2.00. The molecule has 0 saturated heterocycles. The van der Waals surface area contributed by atoms with Gasteiger partial charge in [0.05, 0.1) is 0 Å². The molecule has 0 radical (unpaired) electrons. The van der Waals surface area contributed by atoms with E-state index < -0.39 is 0 Å². The van der Waals surface area contributed by atoms with Gasteiger partial charge in [0.1, 0.15) is 5.75 Å². The highest BCUT2D eigenvalue weighted by molar-refractivity contribution is 5.42. The standard InChI is InChI=1S/C12H10O3/c13-15-12-9-5-4-8-11(12)14-10-6-2-1-3-7-10/h1-9,13H. The average molecular weight is 202 g/mol. The summed E-state index contributed by atoms with van der Waals surface area (Å²) in [6.07, 6.45) is 0. The lowest BCUT2D eigenvalue weighted by atomic mass is 10.3. The Bertz CT molecular complexity index is 426. The van der Waals surface area contributed by atoms with Crippen LogP contribution in [0.1, 0.15) is 0 Å². The van der Waals surface area contributed by atoms with Crippen molar-refractivity contribution in [3.63, 3.8) is 0 Å². The van der Waals surface area contributed by atoms with Crippen LogP contribution >= 0.6 is 0 Å². The van der Waals surface area contributed by atoms with Gasteiger partial charge in [0.15, 0.2) is 5.75 Å². The van der Waals surface area contributed by atoms with Gasteiger partial charge in [0.25, 0.3) is 0 Å². The molecule has 0 bridgehead atoms. The second kappa shape index (κ2) is 4.48. The molecular formula is C12H10O3. The molecule has 2 aromatic carbocycles. The molecule has 2 rings (SSSR count). The number of hydrogen-bond acceptors (Lipinski definition) is 3. The number of ether oxygens (including phenoxy) is 1. The number of benzene rings is 2. The van der Waals surface area contributed by atoms with Gasteiger partial charge in [-0.1, -0.05) is 30.3 Å². The van der Waals surface area contributed by atoms with Crippen LogP contribution < -0.4 is 9.62 Å². The molecule has 0 amide bonds. The SMILES string of the molecule is OOc1ccccc1Oc1ccccc1. The van der Waals surface area contributed by atoms with E-state index in [4.69, 9.17) is 9.99 Å². The zero-order valence-corrected chi connectivity index (χ0v) is 7.96. The summed E-state index contributed by atoms with van der Waals surface area (Å²) >= 11 is 0. The topological polar surface area (TPSA) is 38.7 Å². The van der Waals surface area contributed by atoms with Crippen LogP contribution in [-0.4, -0.2) is 5.26 Å². The Balaban J connectivity index is 2.24. The molecule has 0 aliphatic carbocycles. The maximum Gasteiger partial charge on any atom is 0.207 e. The van der Waals surface area contributed by atoms with Gasteiger partial charge in [0.2, 0.25) is 5.75 Å². The molecule has 0 aromatic heterocycles. The predicted molar refractivity (Wildman–Crippen MR) is 56.2 cm³/mol. The van der Waals surface area contributed by atoms with Crippen molar-refractivity contribution in [1.82, 2.24) is 0 Å². The van der Waals surface area contributed by atoms with Crippen molar-refractivity contribution in [3.8, 4) is 17.2 Å². The third-order valence-electron chi connectivity index (χ3n) is 1.92. The van der Waals surface area contributed by atoms with Gasteiger partial charge in [-0.05, 0) is 24.3 Å². The molecule has 2 aromatic rings. The van der Waals surface area contributed by atoms with E-state index in [-0.39, 0.29) is 0 Å². The maximum atomic E-state index is 8.62. The highest BCUT2D eigenvalue weighted by Gasteiger charge is 2.04. The smallest absolute Gasteiger partial charge is 0.207 e. The number of hydrogen-bond donors (Lipinski definition) is 1. The minimum absolute atomic E-state index is 0.293. The second-order valence-corrected chi connectivity index (χ2v) is 2.95. The largest absolute Gasteiger partial charge is 0.453 e. The Morgan fingerprint density at radius 2 is 1.33 bits per heavy atom. The molecule has 0 spiro atoms. The Morgan fingerprint density at radius 1 is 0.733 bits per heavy atom. The first-order chi connectivity index (χ1) is 7.40. The zero-order valence-electron chi connectivity index (χ0n) is 7.96. The normalized spacial score (nSPS) is 9.67. The lowest BCUT2D eigenvalue weighted by molar-refractivity contribution is -0.138. The van der Waals surface area contributed by atoms with E-state index in [2.05, 4.69) is 4.89 Å². The van der Waals surface area contributed by atoms with E-state index >= 15 is 0 Å². The van der Waals surface area contributed by atoms with Gasteiger partial charge < -0.3 is 9.62 Å². The lowest BCUT2D eigenvalue weighted by Crippen LogP contribution is -1.89. The molecule has 0 heterocycles. The van der Waals surface area contributed by atoms with Crippen LogP contribution in [0.2, 0.25) is 0 Å². The highest BCUT2D eigenvalue weighted by atomic mass is 17.1. The Labute approximate surface area is 87.4 Å². The van der Waals surface area contributed by atoms with Crippen LogP contribution in [0.15, 0.2) is 54.6 Å². The van der Waals surface area contributed by atoms with Crippen LogP contribution in [0.4, 0.5) is 0 Å². The van der Waals surface area contributed by atoms with Gasteiger partial charge in [-0.2, -0.15) is 0 Å². The van der Waals surface area contributed by atoms with E-state index in [0.29, 0.717) is 17.2 Å². The molecule has 0 saturated carbocycles. The summed E-state index contributed by atoms with van der Waals surface area (Å²) in [5.41, 5.74) is 0. The van der Waals surface area contributed by atoms with Gasteiger partial charge in [-0.3, -0.25) is 0 Å². The molecule has 15 heavy (non-hydrogen) atoms. The van der Waals surface area contributed by atoms with Crippen molar-refractivity contribution in [2.24, 2.45) is 0 Å². The molecule has 0 aliphatic heterocycles. The van der Waals surface area contributed by atoms with Gasteiger partial charge in [-0.25, -0.2) is 5.26 Å². The third-order valence-corrected chi connectivity index (χ3v) is 1.92. The zero-order chi connectivity index (χ0) is 10.5. The quantitative estimate of drug-likeness (QED) is 0.612. The van der Waals surface area contributed by atoms with Gasteiger partial charge in [0, 0.05) is 0 Å². The van der Waals surface area contributed by atoms with E-state index in [0.717, 1.165) is 0 Å². The van der Waals surface area contributed by atoms with Crippen LogP contribution in [0.5, 0.6) is 17.2 Å². The summed E-state index contributed by atoms with van der Waals surface area (Å²) < 4.78 is 5.52. The third kappa shape index (κ3) is 2.27. The lowest BCUT2D eigenvalue weighted by Gasteiger charge is -2.07. The van der Waals surface area contributed by atoms with Crippen LogP contribution in [0.25, 0.3) is 0 Å². The molecule has 1 N–H and O–H groups in total. The maximum absolute atomic E-state index is 8.62. The number of rotatable bonds is 3. The number of para-hydroxylation sites is 3. The summed E-state index contributed by atoms with van der Waals surface area (Å²) in [6, 6.07) is 16.2. The summed E-state index contributed by atoms with van der Waals surface area (Å²) in [6.45, 7) is 0. The van der Waals surface area contributed by atoms with Crippen molar-refractivity contribution in [2.45, 2.75) is 0 Å². The van der Waals surface area contributed by atoms with E-state index in [1.165, 1.54) is 0 Å². The monoisotopic (exact) mass is 202 g/mol. The molecule has 0 unspecified atom stereocenters. The first kappa shape index (κ1) is 9.55. The summed E-state index contributed by atoms with van der Waals surface area (Å²) in [5.74, 6) is 1.47. The average Bonchev–Trinajstić information content (AvgIpc) is 2.31. The fraction of sp³-hybridized carbons (Fsp3) is 0. The van der Waals surface area contributed by atoms with E-state index in [1.807, 2.05) is 30.3 Å². The van der Waals surface area contributed by atoms with Crippen LogP contribution in [-0.2, 0) is 0 Å². The first-order valence-corrected chi connectivity index (χ1v) is 4.53. The minimum atomic E-state index is 0.293. The van der Waals surface area contributed by atoms with E-state index in [9.17, 15) is 0 Å². The van der Waals surface area contributed by atoms with Crippen LogP contribution in [0.3, 0.4) is 0 Å². The van der Waals surface area contributed by atoms with Crippen molar-refractivity contribution in [2.75, 3.05) is 0 Å². The predicted octanol–water partition coefficient (Wildman–Crippen LogP) is 3.33. The van der Waals surface area contributed by atoms with E-state index in [1.54, 1.807) is 24.3 Å². The fourth-order valence-electron chi connectivity index (χ4n) is 1.23. The van der Waals surface area contributed by atoms with Gasteiger partial charge >= 0.3 is 0 Å². The molecule has 3 heteroatoms. The Kier molecular flexibility index (Phi) is 2.85. The second-order valence-electron chi connectivity index (χ2n) is 2.95. The molecule has 0 fully saturated rings. The van der Waals surface area contributed by atoms with Crippen molar-refractivity contribution < 1.29 is 14.9 Å². The fourth-order valence-corrected chi connectivity index (χ4v) is 1.23. The Morgan fingerprint density at radius 3 is 2.00 bits per heavy atom. The van der Waals surface area contributed by atoms with Crippen LogP contribution in [0, 0.1) is 0 Å². The summed E-state index contributed by atoms with van der Waals surface area (Å²) in [4.78, 5) is 4.19. The molecule has 76 valence electrons. The van der Waals surface area contributed by atoms with Crippen molar-refractivity contribution in [3.05, 3.63) is 54.6 Å². The van der Waals surface area contributed by atoms with Crippen molar-refractivity contribution in [1.29, 1.82) is 0 Å². The van der Waals surface area contributed by atoms with Gasteiger partial charge in [-0.15, -0.1) is 0 Å². The highest BCUT2D eigenvalue weighted by Crippen LogP contribution is 2.30. The molecule has 0 atom stereocenters. The molecule has 0 aliphatic rings. The summed E-state index contributed by atoms with van der Waals surface area (Å²) in [5, 5.41) is 8.62. The molecule has 3 nitrogen and oxygen atoms in total. The molecular weight excluding hydrogens is 192 g/mol.